The van der Waals surface area contributed by atoms with Gasteiger partial charge in [-0.2, -0.15) is 0 Å². The molecule has 3 amide bonds. The van der Waals surface area contributed by atoms with Crippen LogP contribution < -0.4 is 24.8 Å². The zero-order chi connectivity index (χ0) is 22.7. The number of carbonyl (C=O) groups is 2. The first-order valence-electron chi connectivity index (χ1n) is 9.73. The van der Waals surface area contributed by atoms with Gasteiger partial charge in [-0.05, 0) is 49.2 Å². The molecular formula is C23H27N3O5. The Kier molecular flexibility index (Phi) is 6.39. The van der Waals surface area contributed by atoms with E-state index in [0.29, 0.717) is 39.8 Å². The number of nitrogens with one attached hydrogen (secondary N) is 2. The predicted molar refractivity (Wildman–Crippen MR) is 118 cm³/mol. The maximum absolute atomic E-state index is 13.3. The Labute approximate surface area is 181 Å². The van der Waals surface area contributed by atoms with E-state index in [2.05, 4.69) is 10.6 Å². The molecule has 0 aliphatic carbocycles. The van der Waals surface area contributed by atoms with E-state index in [1.807, 2.05) is 31.2 Å². The van der Waals surface area contributed by atoms with Gasteiger partial charge in [-0.3, -0.25) is 4.79 Å². The molecule has 0 saturated carbocycles. The topological polar surface area (TPSA) is 89.1 Å². The highest BCUT2D eigenvalue weighted by molar-refractivity contribution is 6.06. The zero-order valence-electron chi connectivity index (χ0n) is 18.5. The number of hydrogen-bond acceptors (Lipinski definition) is 5. The predicted octanol–water partition coefficient (Wildman–Crippen LogP) is 3.63. The van der Waals surface area contributed by atoms with Crippen molar-refractivity contribution < 1.29 is 23.8 Å². The number of benzene rings is 2. The third kappa shape index (κ3) is 4.28. The van der Waals surface area contributed by atoms with Crippen molar-refractivity contribution in [2.75, 3.05) is 33.7 Å². The van der Waals surface area contributed by atoms with Crippen LogP contribution in [0, 0.1) is 6.92 Å². The smallest absolute Gasteiger partial charge is 0.322 e. The Balaban J connectivity index is 2.09. The van der Waals surface area contributed by atoms with Gasteiger partial charge in [0.15, 0.2) is 11.5 Å². The molecule has 2 aromatic rings. The molecule has 1 unspecified atom stereocenters. The lowest BCUT2D eigenvalue weighted by atomic mass is 9.93. The summed E-state index contributed by atoms with van der Waals surface area (Å²) >= 11 is 0. The summed E-state index contributed by atoms with van der Waals surface area (Å²) in [5.74, 6) is 0.982. The van der Waals surface area contributed by atoms with Crippen LogP contribution in [0.25, 0.3) is 0 Å². The van der Waals surface area contributed by atoms with E-state index in [0.717, 1.165) is 5.56 Å². The van der Waals surface area contributed by atoms with Gasteiger partial charge in [-0.25, -0.2) is 4.79 Å². The number of aryl methyl sites for hydroxylation is 1. The molecule has 1 atom stereocenters. The van der Waals surface area contributed by atoms with Crippen LogP contribution >= 0.6 is 0 Å². The van der Waals surface area contributed by atoms with Crippen LogP contribution in [0.3, 0.4) is 0 Å². The average molecular weight is 425 g/mol. The molecule has 0 bridgehead atoms. The summed E-state index contributed by atoms with van der Waals surface area (Å²) in [5.41, 5.74) is 3.29. The van der Waals surface area contributed by atoms with Gasteiger partial charge in [0.1, 0.15) is 0 Å². The summed E-state index contributed by atoms with van der Waals surface area (Å²) < 4.78 is 16.3. The molecule has 1 aliphatic rings. The number of ether oxygens (including phenoxy) is 3. The fraction of sp³-hybridized carbons (Fsp3) is 0.304. The number of nitrogens with zero attached hydrogens (tertiary/aromatic N) is 1. The van der Waals surface area contributed by atoms with Gasteiger partial charge in [-0.15, -0.1) is 0 Å². The quantitative estimate of drug-likeness (QED) is 0.738. The number of rotatable bonds is 6. The second-order valence-electron chi connectivity index (χ2n) is 7.22. The van der Waals surface area contributed by atoms with Gasteiger partial charge in [0.05, 0.1) is 32.9 Å². The van der Waals surface area contributed by atoms with Gasteiger partial charge in [0, 0.05) is 18.4 Å². The number of urea groups is 1. The molecule has 2 aromatic carbocycles. The van der Waals surface area contributed by atoms with E-state index in [9.17, 15) is 9.59 Å². The maximum atomic E-state index is 13.3. The Bertz CT molecular complexity index is 1020. The van der Waals surface area contributed by atoms with Crippen molar-refractivity contribution in [1.82, 2.24) is 10.2 Å². The van der Waals surface area contributed by atoms with E-state index in [-0.39, 0.29) is 11.9 Å². The fourth-order valence-corrected chi connectivity index (χ4v) is 3.57. The van der Waals surface area contributed by atoms with Crippen LogP contribution in [-0.2, 0) is 4.79 Å². The Hall–Kier alpha value is -3.68. The van der Waals surface area contributed by atoms with Crippen LogP contribution in [0.1, 0.15) is 24.1 Å². The Morgan fingerprint density at radius 1 is 1.03 bits per heavy atom. The molecule has 0 spiro atoms. The molecule has 0 radical (unpaired) electrons. The molecule has 8 nitrogen and oxygen atoms in total. The zero-order valence-corrected chi connectivity index (χ0v) is 18.5. The maximum Gasteiger partial charge on any atom is 0.322 e. The van der Waals surface area contributed by atoms with Crippen molar-refractivity contribution in [3.05, 3.63) is 58.8 Å². The standard InChI is InChI=1S/C23H27N3O5/c1-13-8-7-9-16(10-13)24-22(27)19-14(2)26(3)23(28)25-20(19)15-11-17(29-4)21(31-6)18(12-15)30-5/h7-12,20H,1-6H3,(H,24,27)(H,25,28). The lowest BCUT2D eigenvalue weighted by molar-refractivity contribution is -0.113. The summed E-state index contributed by atoms with van der Waals surface area (Å²) in [6.07, 6.45) is 0. The molecule has 8 heteroatoms. The van der Waals surface area contributed by atoms with Crippen molar-refractivity contribution in [2.24, 2.45) is 0 Å². The molecule has 0 aromatic heterocycles. The van der Waals surface area contributed by atoms with Crippen molar-refractivity contribution in [3.8, 4) is 17.2 Å². The van der Waals surface area contributed by atoms with Gasteiger partial charge in [-0.1, -0.05) is 12.1 Å². The summed E-state index contributed by atoms with van der Waals surface area (Å²) in [6.45, 7) is 3.70. The Morgan fingerprint density at radius 2 is 1.68 bits per heavy atom. The van der Waals surface area contributed by atoms with Gasteiger partial charge in [0.2, 0.25) is 5.75 Å². The van der Waals surface area contributed by atoms with Crippen LogP contribution in [0.2, 0.25) is 0 Å². The second kappa shape index (κ2) is 8.99. The highest BCUT2D eigenvalue weighted by Gasteiger charge is 2.35. The molecular weight excluding hydrogens is 398 g/mol. The largest absolute Gasteiger partial charge is 0.493 e. The fourth-order valence-electron chi connectivity index (χ4n) is 3.57. The van der Waals surface area contributed by atoms with Crippen LogP contribution in [0.4, 0.5) is 10.5 Å². The van der Waals surface area contributed by atoms with Gasteiger partial charge < -0.3 is 29.7 Å². The number of anilines is 1. The van der Waals surface area contributed by atoms with Crippen molar-refractivity contribution >= 4 is 17.6 Å². The number of methoxy groups -OCH3 is 3. The number of amides is 3. The third-order valence-electron chi connectivity index (χ3n) is 5.29. The van der Waals surface area contributed by atoms with E-state index >= 15 is 0 Å². The molecule has 0 saturated heterocycles. The first-order valence-corrected chi connectivity index (χ1v) is 9.73. The summed E-state index contributed by atoms with van der Waals surface area (Å²) in [6, 6.07) is 9.96. The van der Waals surface area contributed by atoms with Crippen molar-refractivity contribution in [3.63, 3.8) is 0 Å². The molecule has 2 N–H and O–H groups in total. The average Bonchev–Trinajstić information content (AvgIpc) is 2.75. The van der Waals surface area contributed by atoms with Crippen LogP contribution in [0.15, 0.2) is 47.7 Å². The first-order chi connectivity index (χ1) is 14.8. The lowest BCUT2D eigenvalue weighted by Crippen LogP contribution is -2.46. The van der Waals surface area contributed by atoms with Crippen molar-refractivity contribution in [2.45, 2.75) is 19.9 Å². The molecule has 0 fully saturated rings. The second-order valence-corrected chi connectivity index (χ2v) is 7.22. The van der Waals surface area contributed by atoms with E-state index < -0.39 is 6.04 Å². The van der Waals surface area contributed by atoms with Gasteiger partial charge >= 0.3 is 6.03 Å². The highest BCUT2D eigenvalue weighted by atomic mass is 16.5. The van der Waals surface area contributed by atoms with E-state index in [1.165, 1.54) is 26.2 Å². The first kappa shape index (κ1) is 22.0. The van der Waals surface area contributed by atoms with Crippen molar-refractivity contribution in [1.29, 1.82) is 0 Å². The van der Waals surface area contributed by atoms with Crippen LogP contribution in [0.5, 0.6) is 17.2 Å². The SMILES string of the molecule is COc1cc(C2NC(=O)N(C)C(C)=C2C(=O)Nc2cccc(C)c2)cc(OC)c1OC. The summed E-state index contributed by atoms with van der Waals surface area (Å²) in [5, 5.41) is 5.83. The number of allylic oxidation sites excluding steroid dienone is 1. The normalized spacial score (nSPS) is 16.0. The molecule has 31 heavy (non-hydrogen) atoms. The molecule has 3 rings (SSSR count). The Morgan fingerprint density at radius 3 is 2.23 bits per heavy atom. The molecule has 164 valence electrons. The van der Waals surface area contributed by atoms with E-state index in [4.69, 9.17) is 14.2 Å². The monoisotopic (exact) mass is 425 g/mol. The third-order valence-corrected chi connectivity index (χ3v) is 5.29. The molecule has 1 heterocycles. The summed E-state index contributed by atoms with van der Waals surface area (Å²) in [7, 11) is 6.17. The molecule has 1 aliphatic heterocycles. The summed E-state index contributed by atoms with van der Waals surface area (Å²) in [4.78, 5) is 27.3. The van der Waals surface area contributed by atoms with Gasteiger partial charge in [0.25, 0.3) is 5.91 Å². The van der Waals surface area contributed by atoms with E-state index in [1.54, 1.807) is 26.1 Å². The minimum absolute atomic E-state index is 0.311. The minimum atomic E-state index is -0.706. The number of hydrogen-bond donors (Lipinski definition) is 2. The minimum Gasteiger partial charge on any atom is -0.493 e. The van der Waals surface area contributed by atoms with Crippen LogP contribution in [-0.4, -0.2) is 45.2 Å². The number of carbonyl (C=O) groups excluding carboxylic acids is 2. The lowest BCUT2D eigenvalue weighted by Gasteiger charge is -2.34. The highest BCUT2D eigenvalue weighted by Crippen LogP contribution is 2.42.